The average molecular weight is 504 g/mol. The SMILES string of the molecule is Cc1cc(C(CN[S+]([O-])C(C)(C)C)(c2cc(F)cc(C(F)(F)F)c2)c2ccc(Cl)cn2)on1. The Hall–Kier alpha value is -2.14. The minimum atomic E-state index is -4.80. The van der Waals surface area contributed by atoms with E-state index in [9.17, 15) is 22.1 Å². The van der Waals surface area contributed by atoms with E-state index < -0.39 is 39.1 Å². The van der Waals surface area contributed by atoms with Gasteiger partial charge in [-0.25, -0.2) is 4.39 Å². The number of nitrogens with one attached hydrogen (secondary N) is 1. The van der Waals surface area contributed by atoms with Crippen LogP contribution in [0.5, 0.6) is 0 Å². The van der Waals surface area contributed by atoms with Gasteiger partial charge in [-0.2, -0.15) is 13.2 Å². The maximum atomic E-state index is 14.5. The van der Waals surface area contributed by atoms with Gasteiger partial charge in [0, 0.05) is 23.6 Å². The largest absolute Gasteiger partial charge is 0.598 e. The van der Waals surface area contributed by atoms with Crippen LogP contribution in [0.3, 0.4) is 0 Å². The molecule has 0 fully saturated rings. The highest BCUT2D eigenvalue weighted by Crippen LogP contribution is 2.41. The van der Waals surface area contributed by atoms with Crippen LogP contribution in [0.25, 0.3) is 0 Å². The zero-order valence-electron chi connectivity index (χ0n) is 18.3. The first kappa shape index (κ1) is 25.5. The standard InChI is InChI=1S/C22H22ClF4N3O2S/c1-13-7-19(32-30-13)21(12-29-33(31)20(2,3)4,18-6-5-16(23)11-28-18)14-8-15(22(25,26)27)10-17(24)9-14/h5-11,29H,12H2,1-4H3. The lowest BCUT2D eigenvalue weighted by Crippen LogP contribution is -2.48. The third-order valence-corrected chi connectivity index (χ3v) is 6.70. The maximum Gasteiger partial charge on any atom is 0.416 e. The van der Waals surface area contributed by atoms with Crippen LogP contribution in [0.1, 0.15) is 49.0 Å². The molecule has 3 aromatic rings. The van der Waals surface area contributed by atoms with Crippen molar-refractivity contribution >= 4 is 23.0 Å². The number of hydrogen-bond donors (Lipinski definition) is 1. The topological polar surface area (TPSA) is 74.0 Å². The predicted molar refractivity (Wildman–Crippen MR) is 118 cm³/mol. The van der Waals surface area contributed by atoms with E-state index in [4.69, 9.17) is 16.1 Å². The molecular formula is C22H22ClF4N3O2S. The van der Waals surface area contributed by atoms with Crippen LogP contribution in [-0.4, -0.2) is 26.0 Å². The van der Waals surface area contributed by atoms with Gasteiger partial charge in [0.15, 0.2) is 5.76 Å². The lowest BCUT2D eigenvalue weighted by molar-refractivity contribution is -0.137. The third kappa shape index (κ3) is 5.51. The molecule has 1 N–H and O–H groups in total. The Morgan fingerprint density at radius 1 is 1.09 bits per heavy atom. The molecule has 0 aliphatic carbocycles. The summed E-state index contributed by atoms with van der Waals surface area (Å²) in [6.07, 6.45) is -3.48. The van der Waals surface area contributed by atoms with Crippen molar-refractivity contribution < 1.29 is 26.6 Å². The summed E-state index contributed by atoms with van der Waals surface area (Å²) in [7, 11) is 0. The Morgan fingerprint density at radius 2 is 1.76 bits per heavy atom. The molecule has 3 rings (SSSR count). The number of aromatic nitrogens is 2. The summed E-state index contributed by atoms with van der Waals surface area (Å²) in [6.45, 7) is 6.63. The van der Waals surface area contributed by atoms with E-state index in [1.165, 1.54) is 24.4 Å². The second-order valence-electron chi connectivity index (χ2n) is 8.53. The second kappa shape index (κ2) is 9.25. The van der Waals surface area contributed by atoms with Crippen molar-refractivity contribution in [2.45, 2.75) is 44.0 Å². The summed E-state index contributed by atoms with van der Waals surface area (Å²) in [6, 6.07) is 6.75. The van der Waals surface area contributed by atoms with E-state index in [0.717, 1.165) is 12.1 Å². The molecule has 2 unspecified atom stereocenters. The normalized spacial score (nSPS) is 15.3. The molecule has 2 heterocycles. The highest BCUT2D eigenvalue weighted by Gasteiger charge is 2.45. The van der Waals surface area contributed by atoms with Crippen molar-refractivity contribution in [3.63, 3.8) is 0 Å². The fourth-order valence-electron chi connectivity index (χ4n) is 3.28. The zero-order valence-corrected chi connectivity index (χ0v) is 19.8. The van der Waals surface area contributed by atoms with Gasteiger partial charge in [-0.05, 0) is 63.6 Å². The Bertz CT molecular complexity index is 1120. The smallest absolute Gasteiger partial charge is 0.416 e. The zero-order chi connectivity index (χ0) is 24.6. The van der Waals surface area contributed by atoms with Gasteiger partial charge in [-0.15, -0.1) is 4.72 Å². The number of aryl methyl sites for hydroxylation is 1. The number of pyridine rings is 1. The molecule has 0 aliphatic rings. The van der Waals surface area contributed by atoms with Crippen molar-refractivity contribution in [2.24, 2.45) is 0 Å². The molecule has 0 saturated carbocycles. The highest BCUT2D eigenvalue weighted by molar-refractivity contribution is 7.90. The Balaban J connectivity index is 2.32. The third-order valence-electron chi connectivity index (χ3n) is 4.96. The van der Waals surface area contributed by atoms with Crippen molar-refractivity contribution in [3.05, 3.63) is 81.7 Å². The molecule has 0 radical (unpaired) electrons. The van der Waals surface area contributed by atoms with Gasteiger partial charge >= 0.3 is 6.18 Å². The predicted octanol–water partition coefficient (Wildman–Crippen LogP) is 5.58. The van der Waals surface area contributed by atoms with Gasteiger partial charge < -0.3 is 9.08 Å². The quantitative estimate of drug-likeness (QED) is 0.351. The molecule has 178 valence electrons. The number of nitrogens with zero attached hydrogens (tertiary/aromatic N) is 2. The molecule has 0 amide bonds. The van der Waals surface area contributed by atoms with Crippen LogP contribution in [-0.2, 0) is 23.0 Å². The van der Waals surface area contributed by atoms with E-state index in [2.05, 4.69) is 14.9 Å². The molecule has 0 saturated heterocycles. The summed E-state index contributed by atoms with van der Waals surface area (Å²) in [4.78, 5) is 4.31. The maximum absolute atomic E-state index is 14.5. The first-order valence-electron chi connectivity index (χ1n) is 9.83. The van der Waals surface area contributed by atoms with E-state index in [0.29, 0.717) is 16.8 Å². The van der Waals surface area contributed by atoms with E-state index in [1.54, 1.807) is 27.7 Å². The number of rotatable bonds is 6. The molecule has 2 aromatic heterocycles. The molecule has 1 aromatic carbocycles. The molecular weight excluding hydrogens is 482 g/mol. The van der Waals surface area contributed by atoms with Gasteiger partial charge in [-0.3, -0.25) is 4.98 Å². The van der Waals surface area contributed by atoms with Gasteiger partial charge in [-0.1, -0.05) is 16.8 Å². The summed E-state index contributed by atoms with van der Waals surface area (Å²) >= 11 is 4.37. The van der Waals surface area contributed by atoms with Crippen molar-refractivity contribution in [2.75, 3.05) is 6.54 Å². The number of benzene rings is 1. The number of alkyl halides is 3. The first-order chi connectivity index (χ1) is 15.2. The van der Waals surface area contributed by atoms with Crippen LogP contribution < -0.4 is 4.72 Å². The van der Waals surface area contributed by atoms with E-state index in [1.807, 2.05) is 0 Å². The summed E-state index contributed by atoms with van der Waals surface area (Å²) in [5.74, 6) is -0.988. The summed E-state index contributed by atoms with van der Waals surface area (Å²) in [5, 5.41) is 4.17. The van der Waals surface area contributed by atoms with Gasteiger partial charge in [0.2, 0.25) is 0 Å². The molecule has 11 heteroatoms. The Morgan fingerprint density at radius 3 is 2.27 bits per heavy atom. The van der Waals surface area contributed by atoms with Gasteiger partial charge in [0.1, 0.15) is 16.0 Å². The first-order valence-corrected chi connectivity index (χ1v) is 11.4. The fourth-order valence-corrected chi connectivity index (χ4v) is 4.17. The Kier molecular flexibility index (Phi) is 7.14. The highest BCUT2D eigenvalue weighted by atomic mass is 35.5. The Labute approximate surface area is 196 Å². The van der Waals surface area contributed by atoms with Crippen LogP contribution in [0, 0.1) is 12.7 Å². The summed E-state index contributed by atoms with van der Waals surface area (Å²) in [5.41, 5.74) is -2.22. The molecule has 5 nitrogen and oxygen atoms in total. The lowest BCUT2D eigenvalue weighted by atomic mass is 9.74. The fraction of sp³-hybridized carbons (Fsp3) is 0.364. The lowest BCUT2D eigenvalue weighted by Gasteiger charge is -2.34. The minimum Gasteiger partial charge on any atom is -0.598 e. The second-order valence-corrected chi connectivity index (χ2v) is 11.0. The average Bonchev–Trinajstić information content (AvgIpc) is 3.14. The minimum absolute atomic E-state index is 0.0980. The molecule has 0 spiro atoms. The van der Waals surface area contributed by atoms with Gasteiger partial charge in [0.05, 0.1) is 28.5 Å². The van der Waals surface area contributed by atoms with Crippen LogP contribution >= 0.6 is 11.6 Å². The summed E-state index contributed by atoms with van der Waals surface area (Å²) < 4.78 is 75.7. The monoisotopic (exact) mass is 503 g/mol. The van der Waals surface area contributed by atoms with E-state index in [-0.39, 0.29) is 23.6 Å². The van der Waals surface area contributed by atoms with Crippen molar-refractivity contribution in [1.82, 2.24) is 14.9 Å². The number of hydrogen-bond acceptors (Lipinski definition) is 5. The van der Waals surface area contributed by atoms with Crippen molar-refractivity contribution in [1.29, 1.82) is 0 Å². The molecule has 0 aliphatic heterocycles. The van der Waals surface area contributed by atoms with Gasteiger partial charge in [0.25, 0.3) is 0 Å². The number of halogens is 5. The molecule has 2 atom stereocenters. The van der Waals surface area contributed by atoms with Crippen molar-refractivity contribution in [3.8, 4) is 0 Å². The molecule has 33 heavy (non-hydrogen) atoms. The molecule has 0 bridgehead atoms. The van der Waals surface area contributed by atoms with Crippen LogP contribution in [0.2, 0.25) is 5.02 Å². The van der Waals surface area contributed by atoms with Crippen LogP contribution in [0.15, 0.2) is 47.1 Å². The van der Waals surface area contributed by atoms with Crippen LogP contribution in [0.4, 0.5) is 17.6 Å². The van der Waals surface area contributed by atoms with E-state index >= 15 is 0 Å².